The zero-order chi connectivity index (χ0) is 23.8. The first kappa shape index (κ1) is 22.3. The van der Waals surface area contributed by atoms with Gasteiger partial charge in [0, 0.05) is 10.4 Å². The van der Waals surface area contributed by atoms with Crippen molar-refractivity contribution in [1.82, 2.24) is 4.57 Å². The van der Waals surface area contributed by atoms with Crippen LogP contribution in [0, 0.1) is 0 Å². The summed E-state index contributed by atoms with van der Waals surface area (Å²) in [7, 11) is 1.62. The summed E-state index contributed by atoms with van der Waals surface area (Å²) in [5.74, 6) is 0.231. The number of thiazole rings is 1. The van der Waals surface area contributed by atoms with Crippen LogP contribution in [0.15, 0.2) is 75.0 Å². The number of allylic oxidation sites excluding steroid dienone is 1. The molecule has 0 aliphatic carbocycles. The Morgan fingerprint density at radius 1 is 1.18 bits per heavy atom. The Kier molecular flexibility index (Phi) is 5.93. The highest BCUT2D eigenvalue weighted by atomic mass is 32.1. The van der Waals surface area contributed by atoms with E-state index in [0.717, 1.165) is 21.2 Å². The molecule has 2 aromatic carbocycles. The summed E-state index contributed by atoms with van der Waals surface area (Å²) in [6.45, 7) is 3.80. The molecule has 2 aromatic heterocycles. The van der Waals surface area contributed by atoms with Crippen molar-refractivity contribution in [3.8, 4) is 5.75 Å². The van der Waals surface area contributed by atoms with E-state index in [4.69, 9.17) is 9.47 Å². The van der Waals surface area contributed by atoms with Crippen molar-refractivity contribution in [3.05, 3.63) is 95.3 Å². The molecule has 0 N–H and O–H groups in total. The molecule has 172 valence electrons. The second-order valence-corrected chi connectivity index (χ2v) is 9.71. The van der Waals surface area contributed by atoms with E-state index < -0.39 is 12.0 Å². The number of ether oxygens (including phenoxy) is 2. The van der Waals surface area contributed by atoms with Crippen LogP contribution in [0.1, 0.15) is 30.3 Å². The third-order valence-corrected chi connectivity index (χ3v) is 7.66. The third-order valence-electron chi connectivity index (χ3n) is 5.76. The molecule has 1 atom stereocenters. The second-order valence-electron chi connectivity index (χ2n) is 7.72. The van der Waals surface area contributed by atoms with Gasteiger partial charge >= 0.3 is 5.97 Å². The predicted molar refractivity (Wildman–Crippen MR) is 135 cm³/mol. The molecule has 0 bridgehead atoms. The second kappa shape index (κ2) is 9.04. The molecule has 4 aromatic rings. The number of benzene rings is 2. The lowest BCUT2D eigenvalue weighted by atomic mass is 10.0. The Morgan fingerprint density at radius 2 is 2.00 bits per heavy atom. The zero-order valence-electron chi connectivity index (χ0n) is 18.9. The van der Waals surface area contributed by atoms with Gasteiger partial charge in [0.2, 0.25) is 0 Å². The van der Waals surface area contributed by atoms with E-state index in [1.54, 1.807) is 25.5 Å². The van der Waals surface area contributed by atoms with Crippen molar-refractivity contribution in [2.45, 2.75) is 19.9 Å². The lowest BCUT2D eigenvalue weighted by molar-refractivity contribution is -0.139. The summed E-state index contributed by atoms with van der Waals surface area (Å²) in [6, 6.07) is 15.2. The Balaban J connectivity index is 1.77. The van der Waals surface area contributed by atoms with Gasteiger partial charge in [-0.3, -0.25) is 9.36 Å². The molecule has 0 saturated heterocycles. The van der Waals surface area contributed by atoms with Gasteiger partial charge in [0.15, 0.2) is 4.80 Å². The van der Waals surface area contributed by atoms with Crippen molar-refractivity contribution in [2.75, 3.05) is 13.7 Å². The van der Waals surface area contributed by atoms with Crippen LogP contribution in [0.3, 0.4) is 0 Å². The van der Waals surface area contributed by atoms with Gasteiger partial charge in [-0.2, -0.15) is 0 Å². The highest BCUT2D eigenvalue weighted by Gasteiger charge is 2.33. The molecule has 34 heavy (non-hydrogen) atoms. The molecular weight excluding hydrogens is 468 g/mol. The number of esters is 1. The van der Waals surface area contributed by atoms with E-state index >= 15 is 0 Å². The summed E-state index contributed by atoms with van der Waals surface area (Å²) in [5.41, 5.74) is 1.59. The Hall–Kier alpha value is -3.49. The first-order valence-electron chi connectivity index (χ1n) is 10.8. The van der Waals surface area contributed by atoms with Crippen molar-refractivity contribution in [2.24, 2.45) is 4.99 Å². The first-order chi connectivity index (χ1) is 16.5. The van der Waals surface area contributed by atoms with E-state index in [2.05, 4.69) is 4.99 Å². The van der Waals surface area contributed by atoms with E-state index in [-0.39, 0.29) is 12.2 Å². The van der Waals surface area contributed by atoms with Crippen LogP contribution in [-0.2, 0) is 9.53 Å². The number of carbonyl (C=O) groups excluding carboxylic acids is 1. The fraction of sp³-hybridized carbons (Fsp3) is 0.192. The van der Waals surface area contributed by atoms with Crippen molar-refractivity contribution >= 4 is 45.5 Å². The van der Waals surface area contributed by atoms with Crippen LogP contribution < -0.4 is 19.6 Å². The van der Waals surface area contributed by atoms with Crippen LogP contribution >= 0.6 is 22.7 Å². The van der Waals surface area contributed by atoms with Gasteiger partial charge < -0.3 is 9.47 Å². The van der Waals surface area contributed by atoms with E-state index in [9.17, 15) is 9.59 Å². The first-order valence-corrected chi connectivity index (χ1v) is 12.5. The number of thiophene rings is 1. The maximum Gasteiger partial charge on any atom is 0.338 e. The van der Waals surface area contributed by atoms with Gasteiger partial charge in [0.1, 0.15) is 11.8 Å². The van der Waals surface area contributed by atoms with Gasteiger partial charge in [-0.25, -0.2) is 9.79 Å². The lowest BCUT2D eigenvalue weighted by Gasteiger charge is -2.23. The number of aromatic nitrogens is 1. The van der Waals surface area contributed by atoms with Gasteiger partial charge in [-0.05, 0) is 48.2 Å². The number of fused-ring (bicyclic) bond motifs is 2. The minimum atomic E-state index is -0.577. The number of carbonyl (C=O) groups is 1. The Bertz CT molecular complexity index is 1610. The number of methoxy groups -OCH3 is 1. The van der Waals surface area contributed by atoms with E-state index in [1.165, 1.54) is 22.7 Å². The highest BCUT2D eigenvalue weighted by molar-refractivity contribution is 7.10. The maximum atomic E-state index is 13.8. The minimum Gasteiger partial charge on any atom is -0.496 e. The topological polar surface area (TPSA) is 69.9 Å². The standard InChI is InChI=1S/C26H22N2O4S2/c1-4-32-25(30)22-15(2)27-26-28(23(22)20-10-7-13-33-20)24(29)21(34-26)14-18-17-9-6-5-8-16(17)11-12-19(18)31-3/h5-14,23H,4H2,1-3H3/b21-14-/t23-/m1/s1. The largest absolute Gasteiger partial charge is 0.496 e. The molecule has 5 rings (SSSR count). The van der Waals surface area contributed by atoms with E-state index in [0.29, 0.717) is 26.4 Å². The van der Waals surface area contributed by atoms with Crippen molar-refractivity contribution in [1.29, 1.82) is 0 Å². The molecule has 0 spiro atoms. The predicted octanol–water partition coefficient (Wildman–Crippen LogP) is 4.02. The average molecular weight is 491 g/mol. The molecule has 0 fully saturated rings. The smallest absolute Gasteiger partial charge is 0.338 e. The summed E-state index contributed by atoms with van der Waals surface area (Å²) in [5, 5.41) is 3.98. The van der Waals surface area contributed by atoms with E-state index in [1.807, 2.05) is 60.0 Å². The van der Waals surface area contributed by atoms with Crippen LogP contribution in [0.5, 0.6) is 5.75 Å². The van der Waals surface area contributed by atoms with Gasteiger partial charge in [-0.1, -0.05) is 47.7 Å². The normalized spacial score (nSPS) is 15.9. The lowest BCUT2D eigenvalue weighted by Crippen LogP contribution is -2.39. The quantitative estimate of drug-likeness (QED) is 0.396. The molecule has 3 heterocycles. The van der Waals surface area contributed by atoms with Gasteiger partial charge in [0.05, 0.1) is 29.5 Å². The van der Waals surface area contributed by atoms with Crippen molar-refractivity contribution in [3.63, 3.8) is 0 Å². The van der Waals surface area contributed by atoms with Gasteiger partial charge in [0.25, 0.3) is 5.56 Å². The van der Waals surface area contributed by atoms with Crippen LogP contribution in [0.4, 0.5) is 0 Å². The number of nitrogens with zero attached hydrogens (tertiary/aromatic N) is 2. The number of rotatable bonds is 5. The van der Waals surface area contributed by atoms with Crippen LogP contribution in [0.2, 0.25) is 0 Å². The van der Waals surface area contributed by atoms with Crippen LogP contribution in [0.25, 0.3) is 16.8 Å². The molecule has 1 aliphatic heterocycles. The number of hydrogen-bond acceptors (Lipinski definition) is 7. The summed E-state index contributed by atoms with van der Waals surface area (Å²) in [6.07, 6.45) is 1.86. The third kappa shape index (κ3) is 3.69. The minimum absolute atomic E-state index is 0.202. The van der Waals surface area contributed by atoms with Gasteiger partial charge in [-0.15, -0.1) is 11.3 Å². The Morgan fingerprint density at radius 3 is 2.74 bits per heavy atom. The molecule has 1 aliphatic rings. The summed E-state index contributed by atoms with van der Waals surface area (Å²) < 4.78 is 13.1. The summed E-state index contributed by atoms with van der Waals surface area (Å²) in [4.78, 5) is 32.7. The number of hydrogen-bond donors (Lipinski definition) is 0. The zero-order valence-corrected chi connectivity index (χ0v) is 20.5. The fourth-order valence-corrected chi connectivity index (χ4v) is 6.09. The van der Waals surface area contributed by atoms with Crippen molar-refractivity contribution < 1.29 is 14.3 Å². The molecule has 0 radical (unpaired) electrons. The monoisotopic (exact) mass is 490 g/mol. The fourth-order valence-electron chi connectivity index (χ4n) is 4.24. The maximum absolute atomic E-state index is 13.8. The Labute approximate surface area is 203 Å². The SMILES string of the molecule is CCOC(=O)C1=C(C)N=c2s/c(=C\c3c(OC)ccc4ccccc34)c(=O)n2[C@@H]1c1cccs1. The van der Waals surface area contributed by atoms with Crippen LogP contribution in [-0.4, -0.2) is 24.3 Å². The molecule has 0 amide bonds. The highest BCUT2D eigenvalue weighted by Crippen LogP contribution is 2.33. The summed E-state index contributed by atoms with van der Waals surface area (Å²) >= 11 is 2.80. The molecule has 6 nitrogen and oxygen atoms in total. The molecule has 0 unspecified atom stereocenters. The molecular formula is C26H22N2O4S2. The average Bonchev–Trinajstić information content (AvgIpc) is 3.47. The molecule has 0 saturated carbocycles. The molecule has 8 heteroatoms.